The van der Waals surface area contributed by atoms with Gasteiger partial charge in [-0.3, -0.25) is 9.69 Å². The van der Waals surface area contributed by atoms with E-state index in [9.17, 15) is 31.2 Å². The molecule has 57 heavy (non-hydrogen) atoms. The number of hydrogen-bond donors (Lipinski definition) is 2. The molecule has 11 unspecified atom stereocenters. The predicted octanol–water partition coefficient (Wildman–Crippen LogP) is 6.35. The molecule has 7 aliphatic rings. The number of halogens is 3. The summed E-state index contributed by atoms with van der Waals surface area (Å²) in [6.45, 7) is 18.1. The van der Waals surface area contributed by atoms with Crippen LogP contribution >= 0.6 is 0 Å². The molecule has 2 N–H and O–H groups in total. The molecule has 8 rings (SSSR count). The Bertz CT molecular complexity index is 1920. The lowest BCUT2D eigenvalue weighted by Gasteiger charge is -2.72. The molecule has 1 amide bonds. The van der Waals surface area contributed by atoms with E-state index in [-0.39, 0.29) is 56.5 Å². The zero-order valence-electron chi connectivity index (χ0n) is 34.9. The summed E-state index contributed by atoms with van der Waals surface area (Å²) < 4.78 is 70.3. The van der Waals surface area contributed by atoms with Gasteiger partial charge in [-0.2, -0.15) is 13.2 Å². The number of carbonyl (C=O) groups excluding carboxylic acids is 2. The normalized spacial score (nSPS) is 42.2. The summed E-state index contributed by atoms with van der Waals surface area (Å²) in [4.78, 5) is 29.2. The number of allylic oxidation sites excluding steroid dienone is 2. The maximum absolute atomic E-state index is 13.7. The molecule has 13 heteroatoms. The fraction of sp³-hybridized carbons (Fsp3) is 0.773. The Morgan fingerprint density at radius 2 is 1.61 bits per heavy atom. The van der Waals surface area contributed by atoms with Crippen LogP contribution in [0.25, 0.3) is 5.57 Å². The first kappa shape index (κ1) is 41.3. The maximum Gasteiger partial charge on any atom is 0.471 e. The third kappa shape index (κ3) is 6.19. The number of piperidine rings is 1. The van der Waals surface area contributed by atoms with Crippen LogP contribution in [-0.4, -0.2) is 111 Å². The average molecular weight is 817 g/mol. The van der Waals surface area contributed by atoms with Crippen molar-refractivity contribution < 1.29 is 35.9 Å². The predicted molar refractivity (Wildman–Crippen MR) is 214 cm³/mol. The van der Waals surface area contributed by atoms with Crippen molar-refractivity contribution in [2.75, 3.05) is 57.9 Å². The minimum Gasteiger partial charge on any atom is -0.465 e. The number of methoxy groups -OCH3 is 1. The van der Waals surface area contributed by atoms with Crippen molar-refractivity contribution in [3.8, 4) is 0 Å². The molecule has 1 aromatic carbocycles. The standard InChI is InChI=1S/C44H63F3N4O5S/c1-28(49-37(53)44(45,46)47)43-27-51(43)26-42(48-20-21-50-22-24-57(54,55)25-23-50)19-18-40(5)32(35(42)43)12-13-34-39(4)16-14-31(29-8-10-30(11-9-29)36(52)56-7)38(2,3)33(39)15-17-41(34,40)6/h8-11,14,28,32-35,48H,12-13,15-27H2,1-7H3,(H,49,53). The fourth-order valence-corrected chi connectivity index (χ4v) is 16.2. The minimum absolute atomic E-state index is 0.0121. The van der Waals surface area contributed by atoms with Crippen molar-refractivity contribution in [3.63, 3.8) is 0 Å². The second kappa shape index (κ2) is 13.5. The molecule has 3 aliphatic heterocycles. The number of nitrogens with zero attached hydrogens (tertiary/aromatic N) is 2. The molecule has 6 fully saturated rings. The van der Waals surface area contributed by atoms with Crippen LogP contribution in [0.4, 0.5) is 13.2 Å². The molecule has 3 saturated carbocycles. The Kier molecular flexibility index (Phi) is 9.78. The van der Waals surface area contributed by atoms with Gasteiger partial charge in [-0.1, -0.05) is 52.8 Å². The topological polar surface area (TPSA) is 108 Å². The lowest BCUT2D eigenvalue weighted by molar-refractivity contribution is -0.220. The van der Waals surface area contributed by atoms with E-state index in [1.54, 1.807) is 6.92 Å². The zero-order valence-corrected chi connectivity index (χ0v) is 35.7. The Hall–Kier alpha value is -2.48. The van der Waals surface area contributed by atoms with E-state index in [0.29, 0.717) is 43.6 Å². The summed E-state index contributed by atoms with van der Waals surface area (Å²) in [6.07, 6.45) is 4.67. The van der Waals surface area contributed by atoms with Crippen LogP contribution in [-0.2, 0) is 19.4 Å². The molecular formula is C44H63F3N4O5S. The van der Waals surface area contributed by atoms with Crippen molar-refractivity contribution >= 4 is 27.3 Å². The van der Waals surface area contributed by atoms with Crippen molar-refractivity contribution in [1.82, 2.24) is 20.4 Å². The van der Waals surface area contributed by atoms with E-state index in [4.69, 9.17) is 4.74 Å². The highest BCUT2D eigenvalue weighted by Crippen LogP contribution is 2.77. The number of amides is 1. The lowest BCUT2D eigenvalue weighted by atomic mass is 9.32. The third-order valence-electron chi connectivity index (χ3n) is 17.9. The quantitative estimate of drug-likeness (QED) is 0.231. The summed E-state index contributed by atoms with van der Waals surface area (Å²) >= 11 is 0. The van der Waals surface area contributed by atoms with Crippen molar-refractivity contribution in [1.29, 1.82) is 0 Å². The highest BCUT2D eigenvalue weighted by molar-refractivity contribution is 7.91. The molecule has 3 heterocycles. The smallest absolute Gasteiger partial charge is 0.465 e. The van der Waals surface area contributed by atoms with E-state index < -0.39 is 33.5 Å². The van der Waals surface area contributed by atoms with Gasteiger partial charge in [-0.15, -0.1) is 0 Å². The molecule has 9 nitrogen and oxygen atoms in total. The monoisotopic (exact) mass is 816 g/mol. The van der Waals surface area contributed by atoms with Gasteiger partial charge in [-0.05, 0) is 115 Å². The van der Waals surface area contributed by atoms with E-state index in [1.165, 1.54) is 12.7 Å². The van der Waals surface area contributed by atoms with Gasteiger partial charge in [0.25, 0.3) is 0 Å². The Balaban J connectivity index is 1.09. The maximum atomic E-state index is 13.7. The molecule has 11 atom stereocenters. The Morgan fingerprint density at radius 3 is 2.26 bits per heavy atom. The number of benzene rings is 1. The van der Waals surface area contributed by atoms with Gasteiger partial charge in [0.2, 0.25) is 0 Å². The van der Waals surface area contributed by atoms with Gasteiger partial charge in [0, 0.05) is 56.8 Å². The second-order valence-corrected chi connectivity index (χ2v) is 22.7. The number of ether oxygens (including phenoxy) is 1. The van der Waals surface area contributed by atoms with Gasteiger partial charge < -0.3 is 20.3 Å². The van der Waals surface area contributed by atoms with Crippen LogP contribution in [0.15, 0.2) is 30.3 Å². The number of carbonyl (C=O) groups is 2. The molecule has 4 aliphatic carbocycles. The van der Waals surface area contributed by atoms with E-state index in [0.717, 1.165) is 63.6 Å². The number of fused-ring (bicyclic) bond motifs is 9. The van der Waals surface area contributed by atoms with Crippen LogP contribution in [0.5, 0.6) is 0 Å². The van der Waals surface area contributed by atoms with Gasteiger partial charge in [0.05, 0.1) is 29.7 Å². The number of hydrogen-bond acceptors (Lipinski definition) is 8. The Morgan fingerprint density at radius 1 is 0.930 bits per heavy atom. The fourth-order valence-electron chi connectivity index (χ4n) is 14.9. The molecule has 316 valence electrons. The number of alkyl halides is 3. The van der Waals surface area contributed by atoms with Crippen LogP contribution in [0, 0.1) is 45.3 Å². The second-order valence-electron chi connectivity index (χ2n) is 20.4. The molecule has 0 spiro atoms. The number of rotatable bonds is 8. The summed E-state index contributed by atoms with van der Waals surface area (Å²) in [5.74, 6) is -0.629. The number of sulfone groups is 1. The summed E-state index contributed by atoms with van der Waals surface area (Å²) in [5.41, 5.74) is 2.07. The molecular weight excluding hydrogens is 754 g/mol. The van der Waals surface area contributed by atoms with Crippen LogP contribution in [0.2, 0.25) is 0 Å². The molecule has 3 saturated heterocycles. The Labute approximate surface area is 337 Å². The third-order valence-corrected chi connectivity index (χ3v) is 19.5. The summed E-state index contributed by atoms with van der Waals surface area (Å²) in [6, 6.07) is 7.15. The van der Waals surface area contributed by atoms with Gasteiger partial charge >= 0.3 is 18.1 Å². The molecule has 1 aromatic rings. The lowest BCUT2D eigenvalue weighted by Crippen LogP contribution is -2.71. The minimum atomic E-state index is -4.95. The molecule has 0 radical (unpaired) electrons. The van der Waals surface area contributed by atoms with E-state index in [1.807, 2.05) is 12.1 Å². The molecule has 0 bridgehead atoms. The van der Waals surface area contributed by atoms with Crippen molar-refractivity contribution in [2.24, 2.45) is 45.3 Å². The zero-order chi connectivity index (χ0) is 41.2. The summed E-state index contributed by atoms with van der Waals surface area (Å²) in [5, 5.41) is 6.46. The SMILES string of the molecule is COC(=O)c1ccc(C2=CCC3(C)C(CCC4(C)C3CCC3C5C(NCCN6CCS(=O)(=O)CC6)(CCC34C)CN3CC53C(C)NC(=O)C(F)(F)F)C2(C)C)cc1. The largest absolute Gasteiger partial charge is 0.471 e. The van der Waals surface area contributed by atoms with Gasteiger partial charge in [0.1, 0.15) is 0 Å². The average Bonchev–Trinajstić information content (AvgIpc) is 3.78. The highest BCUT2D eigenvalue weighted by atomic mass is 32.2. The molecule has 0 aromatic heterocycles. The van der Waals surface area contributed by atoms with Crippen LogP contribution in [0.1, 0.15) is 102 Å². The first-order chi connectivity index (χ1) is 26.6. The van der Waals surface area contributed by atoms with E-state index >= 15 is 0 Å². The van der Waals surface area contributed by atoms with Crippen molar-refractivity contribution in [2.45, 2.75) is 110 Å². The van der Waals surface area contributed by atoms with Crippen LogP contribution < -0.4 is 10.6 Å². The van der Waals surface area contributed by atoms with Gasteiger partial charge in [0.15, 0.2) is 9.84 Å². The summed E-state index contributed by atoms with van der Waals surface area (Å²) in [7, 11) is -1.59. The first-order valence-corrected chi connectivity index (χ1v) is 23.1. The van der Waals surface area contributed by atoms with Crippen molar-refractivity contribution in [3.05, 3.63) is 41.5 Å². The number of esters is 1. The van der Waals surface area contributed by atoms with Gasteiger partial charge in [-0.25, -0.2) is 13.2 Å². The first-order valence-electron chi connectivity index (χ1n) is 21.3. The van der Waals surface area contributed by atoms with Crippen LogP contribution in [0.3, 0.4) is 0 Å². The highest BCUT2D eigenvalue weighted by Gasteiger charge is 2.79. The van der Waals surface area contributed by atoms with E-state index in [2.05, 4.69) is 73.3 Å². The number of nitrogens with one attached hydrogen (secondary N) is 2.